The minimum absolute atomic E-state index is 0.149. The Morgan fingerprint density at radius 2 is 1.61 bits per heavy atom. The van der Waals surface area contributed by atoms with Crippen molar-refractivity contribution in [3.05, 3.63) is 95.1 Å². The lowest BCUT2D eigenvalue weighted by Gasteiger charge is -2.20. The van der Waals surface area contributed by atoms with E-state index in [4.69, 9.17) is 0 Å². The van der Waals surface area contributed by atoms with E-state index in [9.17, 15) is 13.2 Å². The molecule has 1 aliphatic rings. The highest BCUT2D eigenvalue weighted by Gasteiger charge is 2.17. The van der Waals surface area contributed by atoms with Crippen LogP contribution in [-0.2, 0) is 22.9 Å². The summed E-state index contributed by atoms with van der Waals surface area (Å²) in [5.41, 5.74) is 4.61. The third-order valence-electron chi connectivity index (χ3n) is 5.65. The molecule has 0 saturated heterocycles. The zero-order valence-corrected chi connectivity index (χ0v) is 18.3. The van der Waals surface area contributed by atoms with Crippen LogP contribution in [-0.4, -0.2) is 14.3 Å². The van der Waals surface area contributed by atoms with Crippen molar-refractivity contribution in [1.29, 1.82) is 0 Å². The summed E-state index contributed by atoms with van der Waals surface area (Å²) in [5.74, 6) is -0.244. The summed E-state index contributed by atoms with van der Waals surface area (Å²) < 4.78 is 27.6. The van der Waals surface area contributed by atoms with E-state index in [1.165, 1.54) is 36.1 Å². The van der Waals surface area contributed by atoms with E-state index < -0.39 is 10.0 Å². The van der Waals surface area contributed by atoms with E-state index in [-0.39, 0.29) is 16.8 Å². The van der Waals surface area contributed by atoms with Gasteiger partial charge in [0.15, 0.2) is 0 Å². The predicted molar refractivity (Wildman–Crippen MR) is 123 cm³/mol. The molecule has 0 aliphatic heterocycles. The maximum Gasteiger partial charge on any atom is 0.261 e. The van der Waals surface area contributed by atoms with Crippen molar-refractivity contribution < 1.29 is 13.2 Å². The number of carbonyl (C=O) groups is 1. The average molecular weight is 435 g/mol. The molecule has 3 aromatic carbocycles. The number of anilines is 1. The first-order valence-corrected chi connectivity index (χ1v) is 12.0. The molecule has 0 spiro atoms. The molecule has 1 amide bonds. The Morgan fingerprint density at radius 3 is 2.39 bits per heavy atom. The summed E-state index contributed by atoms with van der Waals surface area (Å²) in [4.78, 5) is 13.0. The lowest BCUT2D eigenvalue weighted by atomic mass is 9.89. The maximum atomic E-state index is 12.8. The summed E-state index contributed by atoms with van der Waals surface area (Å²) in [6.45, 7) is 1.96. The van der Waals surface area contributed by atoms with Crippen LogP contribution in [0, 0.1) is 0 Å². The molecule has 2 N–H and O–H groups in total. The first-order valence-electron chi connectivity index (χ1n) is 10.5. The van der Waals surface area contributed by atoms with Crippen molar-refractivity contribution in [2.75, 3.05) is 4.72 Å². The molecule has 0 fully saturated rings. The van der Waals surface area contributed by atoms with Crippen LogP contribution in [0.5, 0.6) is 0 Å². The molecule has 160 valence electrons. The van der Waals surface area contributed by atoms with Crippen molar-refractivity contribution in [2.24, 2.45) is 0 Å². The third kappa shape index (κ3) is 4.97. The predicted octanol–water partition coefficient (Wildman–Crippen LogP) is 4.86. The number of rotatable bonds is 6. The van der Waals surface area contributed by atoms with E-state index in [0.717, 1.165) is 18.4 Å². The number of benzene rings is 3. The standard InChI is InChI=1S/C25H26N2O3S/c1-18(20-15-14-19-8-5-6-9-21(19)16-20)26-25(28)22-10-7-11-23(17-22)27-31(29,30)24-12-3-2-4-13-24/h2-4,7,10-18,27H,5-6,8-9H2,1H3,(H,26,28)/t18-/m1/s1. The van der Waals surface area contributed by atoms with E-state index in [0.29, 0.717) is 11.3 Å². The normalized spacial score (nSPS) is 14.4. The SMILES string of the molecule is C[C@@H](NC(=O)c1cccc(NS(=O)(=O)c2ccccc2)c1)c1ccc2c(c1)CCCC2. The van der Waals surface area contributed by atoms with Gasteiger partial charge in [-0.25, -0.2) is 8.42 Å². The van der Waals surface area contributed by atoms with E-state index in [1.54, 1.807) is 42.5 Å². The Bertz CT molecular complexity index is 1190. The van der Waals surface area contributed by atoms with E-state index in [2.05, 4.69) is 28.2 Å². The molecule has 6 heteroatoms. The molecule has 5 nitrogen and oxygen atoms in total. The number of fused-ring (bicyclic) bond motifs is 1. The van der Waals surface area contributed by atoms with E-state index >= 15 is 0 Å². The summed E-state index contributed by atoms with van der Waals surface area (Å²) in [6, 6.07) is 21.0. The van der Waals surface area contributed by atoms with Gasteiger partial charge >= 0.3 is 0 Å². The number of sulfonamides is 1. The fourth-order valence-electron chi connectivity index (χ4n) is 3.92. The third-order valence-corrected chi connectivity index (χ3v) is 7.05. The van der Waals surface area contributed by atoms with Gasteiger partial charge in [0.25, 0.3) is 15.9 Å². The quantitative estimate of drug-likeness (QED) is 0.582. The minimum atomic E-state index is -3.71. The summed E-state index contributed by atoms with van der Waals surface area (Å²) >= 11 is 0. The first-order chi connectivity index (χ1) is 14.9. The summed E-state index contributed by atoms with van der Waals surface area (Å²) in [7, 11) is -3.71. The highest BCUT2D eigenvalue weighted by Crippen LogP contribution is 2.25. The van der Waals surface area contributed by atoms with Crippen molar-refractivity contribution in [1.82, 2.24) is 5.32 Å². The fourth-order valence-corrected chi connectivity index (χ4v) is 4.99. The molecule has 0 heterocycles. The zero-order valence-electron chi connectivity index (χ0n) is 17.5. The van der Waals surface area contributed by atoms with Crippen LogP contribution in [0.25, 0.3) is 0 Å². The second-order valence-corrected chi connectivity index (χ2v) is 9.61. The second kappa shape index (κ2) is 8.94. The van der Waals surface area contributed by atoms with Gasteiger partial charge in [-0.3, -0.25) is 9.52 Å². The van der Waals surface area contributed by atoms with Crippen molar-refractivity contribution in [3.8, 4) is 0 Å². The maximum absolute atomic E-state index is 12.8. The Balaban J connectivity index is 1.47. The number of carbonyl (C=O) groups excluding carboxylic acids is 1. The largest absolute Gasteiger partial charge is 0.346 e. The van der Waals surface area contributed by atoms with Gasteiger partial charge in [0, 0.05) is 11.3 Å². The molecule has 3 aromatic rings. The van der Waals surface area contributed by atoms with Gasteiger partial charge in [-0.2, -0.15) is 0 Å². The number of hydrogen-bond acceptors (Lipinski definition) is 3. The van der Waals surface area contributed by atoms with Gasteiger partial charge in [-0.15, -0.1) is 0 Å². The number of amides is 1. The minimum Gasteiger partial charge on any atom is -0.346 e. The monoisotopic (exact) mass is 434 g/mol. The molecular weight excluding hydrogens is 408 g/mol. The molecule has 31 heavy (non-hydrogen) atoms. The molecule has 4 rings (SSSR count). The smallest absolute Gasteiger partial charge is 0.261 e. The number of hydrogen-bond donors (Lipinski definition) is 2. The van der Waals surface area contributed by atoms with Crippen LogP contribution in [0.4, 0.5) is 5.69 Å². The summed E-state index contributed by atoms with van der Waals surface area (Å²) in [6.07, 6.45) is 4.67. The lowest BCUT2D eigenvalue weighted by Crippen LogP contribution is -2.27. The van der Waals surface area contributed by atoms with Crippen molar-refractivity contribution >= 4 is 21.6 Å². The Morgan fingerprint density at radius 1 is 0.871 bits per heavy atom. The Labute approximate surface area is 183 Å². The van der Waals surface area contributed by atoms with Gasteiger partial charge in [-0.05, 0) is 79.6 Å². The van der Waals surface area contributed by atoms with Gasteiger partial charge in [0.2, 0.25) is 0 Å². The Kier molecular flexibility index (Phi) is 6.09. The molecule has 0 saturated carbocycles. The van der Waals surface area contributed by atoms with Crippen LogP contribution in [0.15, 0.2) is 77.7 Å². The molecule has 0 aromatic heterocycles. The highest BCUT2D eigenvalue weighted by molar-refractivity contribution is 7.92. The van der Waals surface area contributed by atoms with Gasteiger partial charge < -0.3 is 5.32 Å². The summed E-state index contributed by atoms with van der Waals surface area (Å²) in [5, 5.41) is 3.02. The molecule has 0 bridgehead atoms. The molecule has 1 aliphatic carbocycles. The van der Waals surface area contributed by atoms with E-state index in [1.807, 2.05) is 6.92 Å². The topological polar surface area (TPSA) is 75.3 Å². The average Bonchev–Trinajstić information content (AvgIpc) is 2.79. The van der Waals surface area contributed by atoms with Crippen LogP contribution >= 0.6 is 0 Å². The molecule has 0 radical (unpaired) electrons. The lowest BCUT2D eigenvalue weighted by molar-refractivity contribution is 0.0940. The number of nitrogens with one attached hydrogen (secondary N) is 2. The van der Waals surface area contributed by atoms with Crippen LogP contribution in [0.3, 0.4) is 0 Å². The zero-order chi connectivity index (χ0) is 21.8. The van der Waals surface area contributed by atoms with Crippen LogP contribution in [0.1, 0.15) is 52.9 Å². The van der Waals surface area contributed by atoms with Crippen LogP contribution < -0.4 is 10.0 Å². The fraction of sp³-hybridized carbons (Fsp3) is 0.240. The molecule has 1 atom stereocenters. The van der Waals surface area contributed by atoms with Crippen LogP contribution in [0.2, 0.25) is 0 Å². The highest BCUT2D eigenvalue weighted by atomic mass is 32.2. The van der Waals surface area contributed by atoms with Gasteiger partial charge in [0.05, 0.1) is 10.9 Å². The Hall–Kier alpha value is -3.12. The second-order valence-electron chi connectivity index (χ2n) is 7.93. The number of aryl methyl sites for hydroxylation is 2. The van der Waals surface area contributed by atoms with Gasteiger partial charge in [0.1, 0.15) is 0 Å². The first kappa shape index (κ1) is 21.1. The van der Waals surface area contributed by atoms with Gasteiger partial charge in [-0.1, -0.05) is 42.5 Å². The van der Waals surface area contributed by atoms with Crippen molar-refractivity contribution in [2.45, 2.75) is 43.5 Å². The van der Waals surface area contributed by atoms with Crippen molar-refractivity contribution in [3.63, 3.8) is 0 Å². The molecule has 0 unspecified atom stereocenters. The molecular formula is C25H26N2O3S.